The number of nitriles is 1. The van der Waals surface area contributed by atoms with Crippen LogP contribution in [0.1, 0.15) is 26.7 Å². The van der Waals surface area contributed by atoms with Crippen LogP contribution in [0.2, 0.25) is 0 Å². The molecule has 0 aliphatic carbocycles. The molecule has 1 amide bonds. The molecule has 0 saturated heterocycles. The molecule has 6 heteroatoms. The van der Waals surface area contributed by atoms with E-state index in [1.807, 2.05) is 0 Å². The van der Waals surface area contributed by atoms with Gasteiger partial charge in [0.1, 0.15) is 12.5 Å². The first-order chi connectivity index (χ1) is 7.35. The molecule has 1 atom stereocenters. The summed E-state index contributed by atoms with van der Waals surface area (Å²) < 4.78 is 36.4. The minimum atomic E-state index is -4.42. The largest absolute Gasteiger partial charge is 0.406 e. The van der Waals surface area contributed by atoms with Gasteiger partial charge >= 0.3 is 6.18 Å². The van der Waals surface area contributed by atoms with E-state index in [2.05, 4.69) is 0 Å². The van der Waals surface area contributed by atoms with Gasteiger partial charge < -0.3 is 4.90 Å². The smallest absolute Gasteiger partial charge is 0.333 e. The molecule has 0 radical (unpaired) electrons. The Bertz CT molecular complexity index is 270. The molecule has 0 heterocycles. The number of alkyl halides is 3. The van der Waals surface area contributed by atoms with Gasteiger partial charge in [-0.2, -0.15) is 18.4 Å². The van der Waals surface area contributed by atoms with Crippen LogP contribution in [0.4, 0.5) is 13.2 Å². The Morgan fingerprint density at radius 2 is 2.00 bits per heavy atom. The van der Waals surface area contributed by atoms with E-state index in [0.717, 1.165) is 0 Å². The number of hydrogen-bond donors (Lipinski definition) is 0. The van der Waals surface area contributed by atoms with Crippen molar-refractivity contribution in [3.63, 3.8) is 0 Å². The molecule has 0 aromatic carbocycles. The zero-order chi connectivity index (χ0) is 12.8. The second-order valence-corrected chi connectivity index (χ2v) is 3.44. The van der Waals surface area contributed by atoms with Gasteiger partial charge in [-0.1, -0.05) is 13.3 Å². The van der Waals surface area contributed by atoms with E-state index in [9.17, 15) is 18.0 Å². The van der Waals surface area contributed by atoms with E-state index in [1.165, 1.54) is 6.92 Å². The highest BCUT2D eigenvalue weighted by molar-refractivity contribution is 5.81. The predicted octanol–water partition coefficient (Wildman–Crippen LogP) is 2.34. The minimum Gasteiger partial charge on any atom is -0.333 e. The van der Waals surface area contributed by atoms with E-state index < -0.39 is 24.5 Å². The van der Waals surface area contributed by atoms with Crippen LogP contribution in [0.25, 0.3) is 0 Å². The highest BCUT2D eigenvalue weighted by Gasteiger charge is 2.34. The Morgan fingerprint density at radius 1 is 1.44 bits per heavy atom. The van der Waals surface area contributed by atoms with Crippen LogP contribution >= 0.6 is 0 Å². The van der Waals surface area contributed by atoms with Crippen molar-refractivity contribution in [2.24, 2.45) is 5.92 Å². The van der Waals surface area contributed by atoms with E-state index >= 15 is 0 Å². The summed E-state index contributed by atoms with van der Waals surface area (Å²) in [7, 11) is 0. The normalized spacial score (nSPS) is 13.0. The van der Waals surface area contributed by atoms with Crippen LogP contribution in [0.5, 0.6) is 0 Å². The molecule has 1 unspecified atom stereocenters. The molecule has 92 valence electrons. The number of nitrogens with zero attached hydrogens (tertiary/aromatic N) is 2. The molecule has 0 rings (SSSR count). The van der Waals surface area contributed by atoms with Crippen molar-refractivity contribution in [2.45, 2.75) is 32.9 Å². The summed E-state index contributed by atoms with van der Waals surface area (Å²) in [5.41, 5.74) is 0. The Hall–Kier alpha value is -1.25. The Morgan fingerprint density at radius 3 is 2.31 bits per heavy atom. The number of amides is 1. The maximum Gasteiger partial charge on any atom is 0.406 e. The van der Waals surface area contributed by atoms with Gasteiger partial charge in [0.15, 0.2) is 0 Å². The molecule has 0 saturated carbocycles. The number of carbonyl (C=O) groups excluding carboxylic acids is 1. The fourth-order valence-electron chi connectivity index (χ4n) is 1.31. The van der Waals surface area contributed by atoms with E-state index in [1.54, 1.807) is 13.0 Å². The van der Waals surface area contributed by atoms with Crippen LogP contribution in [-0.2, 0) is 4.79 Å². The molecular formula is C10H15F3N2O. The summed E-state index contributed by atoms with van der Waals surface area (Å²) in [6, 6.07) is 1.74. The molecular weight excluding hydrogens is 221 g/mol. The standard InChI is InChI=1S/C10H15F3N2O/c1-3-5-8(6-14)9(16)15(4-2)7-10(11,12)13/h8H,3-5,7H2,1-2H3. The fraction of sp³-hybridized carbons (Fsp3) is 0.800. The zero-order valence-corrected chi connectivity index (χ0v) is 9.34. The Labute approximate surface area is 92.8 Å². The number of halogens is 3. The molecule has 0 fully saturated rings. The lowest BCUT2D eigenvalue weighted by atomic mass is 10.0. The fourth-order valence-corrected chi connectivity index (χ4v) is 1.31. The minimum absolute atomic E-state index is 0.0414. The van der Waals surface area contributed by atoms with Gasteiger partial charge in [0.25, 0.3) is 0 Å². The van der Waals surface area contributed by atoms with Crippen molar-refractivity contribution >= 4 is 5.91 Å². The summed E-state index contributed by atoms with van der Waals surface area (Å²) in [5, 5.41) is 8.69. The highest BCUT2D eigenvalue weighted by Crippen LogP contribution is 2.18. The van der Waals surface area contributed by atoms with Crippen LogP contribution in [0.3, 0.4) is 0 Å². The second kappa shape index (κ2) is 6.36. The van der Waals surface area contributed by atoms with Gasteiger partial charge in [0.2, 0.25) is 5.91 Å². The van der Waals surface area contributed by atoms with Gasteiger partial charge in [-0.05, 0) is 13.3 Å². The summed E-state index contributed by atoms with van der Waals surface area (Å²) in [6.07, 6.45) is -3.53. The first kappa shape index (κ1) is 14.8. The van der Waals surface area contributed by atoms with Crippen molar-refractivity contribution in [2.75, 3.05) is 13.1 Å². The van der Waals surface area contributed by atoms with E-state index in [-0.39, 0.29) is 6.54 Å². The molecule has 0 aliphatic heterocycles. The Kier molecular flexibility index (Phi) is 5.86. The van der Waals surface area contributed by atoms with Gasteiger partial charge in [0.05, 0.1) is 6.07 Å². The van der Waals surface area contributed by atoms with Crippen molar-refractivity contribution < 1.29 is 18.0 Å². The summed E-state index contributed by atoms with van der Waals surface area (Å²) >= 11 is 0. The third-order valence-electron chi connectivity index (χ3n) is 2.09. The van der Waals surface area contributed by atoms with Crippen molar-refractivity contribution in [1.82, 2.24) is 4.90 Å². The van der Waals surface area contributed by atoms with Gasteiger partial charge in [0, 0.05) is 6.54 Å². The second-order valence-electron chi connectivity index (χ2n) is 3.44. The van der Waals surface area contributed by atoms with Crippen LogP contribution in [-0.4, -0.2) is 30.1 Å². The third-order valence-corrected chi connectivity index (χ3v) is 2.09. The van der Waals surface area contributed by atoms with Gasteiger partial charge in [-0.25, -0.2) is 0 Å². The summed E-state index contributed by atoms with van der Waals surface area (Å²) in [5.74, 6) is -1.70. The number of carbonyl (C=O) groups is 1. The Balaban J connectivity index is 4.58. The molecule has 0 aromatic heterocycles. The van der Waals surface area contributed by atoms with Gasteiger partial charge in [-0.15, -0.1) is 0 Å². The molecule has 0 N–H and O–H groups in total. The predicted molar refractivity (Wildman–Crippen MR) is 52.3 cm³/mol. The van der Waals surface area contributed by atoms with Gasteiger partial charge in [-0.3, -0.25) is 4.79 Å². The van der Waals surface area contributed by atoms with Crippen LogP contribution in [0, 0.1) is 17.2 Å². The SMILES string of the molecule is CCCC(C#N)C(=O)N(CC)CC(F)(F)F. The molecule has 0 bridgehead atoms. The van der Waals surface area contributed by atoms with E-state index in [4.69, 9.17) is 5.26 Å². The van der Waals surface area contributed by atoms with Crippen LogP contribution < -0.4 is 0 Å². The van der Waals surface area contributed by atoms with E-state index in [0.29, 0.717) is 17.7 Å². The number of hydrogen-bond acceptors (Lipinski definition) is 2. The lowest BCUT2D eigenvalue weighted by Crippen LogP contribution is -2.41. The highest BCUT2D eigenvalue weighted by atomic mass is 19.4. The monoisotopic (exact) mass is 236 g/mol. The first-order valence-electron chi connectivity index (χ1n) is 5.10. The molecule has 16 heavy (non-hydrogen) atoms. The summed E-state index contributed by atoms with van der Waals surface area (Å²) in [6.45, 7) is 1.91. The first-order valence-corrected chi connectivity index (χ1v) is 5.10. The third kappa shape index (κ3) is 5.01. The molecule has 0 aliphatic rings. The molecule has 0 spiro atoms. The number of rotatable bonds is 5. The zero-order valence-electron chi connectivity index (χ0n) is 9.34. The maximum absolute atomic E-state index is 12.1. The van der Waals surface area contributed by atoms with Crippen molar-refractivity contribution in [1.29, 1.82) is 5.26 Å². The van der Waals surface area contributed by atoms with Crippen LogP contribution in [0.15, 0.2) is 0 Å². The summed E-state index contributed by atoms with van der Waals surface area (Å²) in [4.78, 5) is 12.2. The average molecular weight is 236 g/mol. The lowest BCUT2D eigenvalue weighted by Gasteiger charge is -2.24. The average Bonchev–Trinajstić information content (AvgIpc) is 2.20. The lowest BCUT2D eigenvalue weighted by molar-refractivity contribution is -0.162. The quantitative estimate of drug-likeness (QED) is 0.735. The van der Waals surface area contributed by atoms with Crippen molar-refractivity contribution in [3.8, 4) is 6.07 Å². The topological polar surface area (TPSA) is 44.1 Å². The molecule has 3 nitrogen and oxygen atoms in total. The molecule has 0 aromatic rings. The van der Waals surface area contributed by atoms with Crippen molar-refractivity contribution in [3.05, 3.63) is 0 Å². The maximum atomic E-state index is 12.1.